The highest BCUT2D eigenvalue weighted by atomic mass is 32.2. The smallest absolute Gasteiger partial charge is 0.252 e. The third-order valence-electron chi connectivity index (χ3n) is 1.72. The molecule has 0 fully saturated rings. The standard InChI is InChI=1S/C8H14N2O2S/c1-3-6(2)13-5-7-9-8(4-11)12-10-7/h6,11H,3-5H2,1-2H3. The van der Waals surface area contributed by atoms with Crippen LogP contribution in [0.25, 0.3) is 0 Å². The fourth-order valence-electron chi connectivity index (χ4n) is 0.748. The molecule has 0 aliphatic heterocycles. The maximum Gasteiger partial charge on any atom is 0.252 e. The van der Waals surface area contributed by atoms with Crippen molar-refractivity contribution >= 4 is 11.8 Å². The van der Waals surface area contributed by atoms with E-state index in [0.29, 0.717) is 17.0 Å². The average Bonchev–Trinajstić information content (AvgIpc) is 2.61. The fourth-order valence-corrected chi connectivity index (χ4v) is 1.53. The maximum atomic E-state index is 8.67. The second-order valence-corrected chi connectivity index (χ2v) is 4.22. The third-order valence-corrected chi connectivity index (χ3v) is 3.04. The SMILES string of the molecule is CCC(C)SCc1noc(CO)n1. The summed E-state index contributed by atoms with van der Waals surface area (Å²) >= 11 is 1.79. The van der Waals surface area contributed by atoms with Gasteiger partial charge in [0.15, 0.2) is 5.82 Å². The molecule has 1 atom stereocenters. The Morgan fingerprint density at radius 1 is 1.62 bits per heavy atom. The monoisotopic (exact) mass is 202 g/mol. The molecule has 0 spiro atoms. The summed E-state index contributed by atoms with van der Waals surface area (Å²) in [6, 6.07) is 0. The minimum absolute atomic E-state index is 0.180. The molecule has 0 aliphatic rings. The van der Waals surface area contributed by atoms with Gasteiger partial charge in [0, 0.05) is 5.25 Å². The first-order chi connectivity index (χ1) is 6.26. The van der Waals surface area contributed by atoms with Crippen molar-refractivity contribution in [1.82, 2.24) is 10.1 Å². The molecule has 1 unspecified atom stereocenters. The molecule has 0 saturated carbocycles. The zero-order valence-corrected chi connectivity index (χ0v) is 8.67. The van der Waals surface area contributed by atoms with Gasteiger partial charge in [-0.25, -0.2) is 0 Å². The van der Waals surface area contributed by atoms with Crippen molar-refractivity contribution < 1.29 is 9.63 Å². The molecule has 13 heavy (non-hydrogen) atoms. The molecule has 0 aliphatic carbocycles. The molecule has 1 heterocycles. The molecule has 5 heteroatoms. The van der Waals surface area contributed by atoms with E-state index in [1.54, 1.807) is 11.8 Å². The quantitative estimate of drug-likeness (QED) is 0.785. The largest absolute Gasteiger partial charge is 0.387 e. The lowest BCUT2D eigenvalue weighted by molar-refractivity contribution is 0.222. The van der Waals surface area contributed by atoms with Crippen LogP contribution in [0.1, 0.15) is 32.0 Å². The zero-order chi connectivity index (χ0) is 9.68. The van der Waals surface area contributed by atoms with Crippen molar-refractivity contribution in [2.45, 2.75) is 37.9 Å². The van der Waals surface area contributed by atoms with E-state index < -0.39 is 0 Å². The van der Waals surface area contributed by atoms with E-state index in [2.05, 4.69) is 24.0 Å². The summed E-state index contributed by atoms with van der Waals surface area (Å²) in [5.41, 5.74) is 0. The third kappa shape index (κ3) is 3.36. The van der Waals surface area contributed by atoms with Crippen molar-refractivity contribution in [3.05, 3.63) is 11.7 Å². The predicted molar refractivity (Wildman–Crippen MR) is 51.3 cm³/mol. The molecule has 0 aromatic carbocycles. The van der Waals surface area contributed by atoms with E-state index in [0.717, 1.165) is 12.2 Å². The lowest BCUT2D eigenvalue weighted by Crippen LogP contribution is -1.95. The van der Waals surface area contributed by atoms with E-state index in [-0.39, 0.29) is 6.61 Å². The Labute approximate surface area is 81.7 Å². The van der Waals surface area contributed by atoms with Gasteiger partial charge in [0.2, 0.25) is 0 Å². The summed E-state index contributed by atoms with van der Waals surface area (Å²) in [5.74, 6) is 1.70. The minimum Gasteiger partial charge on any atom is -0.387 e. The van der Waals surface area contributed by atoms with Gasteiger partial charge in [0.1, 0.15) is 6.61 Å². The molecule has 1 N–H and O–H groups in total. The number of aliphatic hydroxyl groups excluding tert-OH is 1. The molecule has 1 rings (SSSR count). The molecule has 1 aromatic rings. The van der Waals surface area contributed by atoms with Crippen LogP contribution in [-0.2, 0) is 12.4 Å². The van der Waals surface area contributed by atoms with Crippen LogP contribution < -0.4 is 0 Å². The normalized spacial score (nSPS) is 13.2. The molecule has 0 saturated heterocycles. The lowest BCUT2D eigenvalue weighted by Gasteiger charge is -2.04. The second-order valence-electron chi connectivity index (χ2n) is 2.79. The van der Waals surface area contributed by atoms with Gasteiger partial charge >= 0.3 is 0 Å². The van der Waals surface area contributed by atoms with Crippen molar-refractivity contribution in [2.75, 3.05) is 0 Å². The highest BCUT2D eigenvalue weighted by Crippen LogP contribution is 2.17. The Morgan fingerprint density at radius 2 is 2.38 bits per heavy atom. The van der Waals surface area contributed by atoms with E-state index in [1.165, 1.54) is 0 Å². The van der Waals surface area contributed by atoms with Crippen LogP contribution in [0, 0.1) is 0 Å². The molecule has 0 amide bonds. The van der Waals surface area contributed by atoms with Gasteiger partial charge in [0.25, 0.3) is 5.89 Å². The summed E-state index contributed by atoms with van der Waals surface area (Å²) in [6.45, 7) is 4.13. The first kappa shape index (κ1) is 10.5. The molecule has 4 nitrogen and oxygen atoms in total. The van der Waals surface area contributed by atoms with Crippen LogP contribution in [0.15, 0.2) is 4.52 Å². The van der Waals surface area contributed by atoms with E-state index >= 15 is 0 Å². The van der Waals surface area contributed by atoms with Crippen LogP contribution in [0.5, 0.6) is 0 Å². The van der Waals surface area contributed by atoms with Crippen LogP contribution in [0.2, 0.25) is 0 Å². The van der Waals surface area contributed by atoms with Gasteiger partial charge in [-0.3, -0.25) is 0 Å². The van der Waals surface area contributed by atoms with Crippen molar-refractivity contribution in [1.29, 1.82) is 0 Å². The molecule has 0 bridgehead atoms. The van der Waals surface area contributed by atoms with Crippen LogP contribution in [0.4, 0.5) is 0 Å². The first-order valence-electron chi connectivity index (χ1n) is 4.30. The first-order valence-corrected chi connectivity index (χ1v) is 5.35. The van der Waals surface area contributed by atoms with Crippen molar-refractivity contribution in [2.24, 2.45) is 0 Å². The Bertz CT molecular complexity index is 252. The highest BCUT2D eigenvalue weighted by molar-refractivity contribution is 7.99. The second kappa shape index (κ2) is 5.24. The Morgan fingerprint density at radius 3 is 2.92 bits per heavy atom. The topological polar surface area (TPSA) is 59.2 Å². The van der Waals surface area contributed by atoms with Crippen LogP contribution in [0.3, 0.4) is 0 Å². The number of rotatable bonds is 5. The lowest BCUT2D eigenvalue weighted by atomic mass is 10.4. The summed E-state index contributed by atoms with van der Waals surface area (Å²) in [7, 11) is 0. The van der Waals surface area contributed by atoms with E-state index in [9.17, 15) is 0 Å². The zero-order valence-electron chi connectivity index (χ0n) is 7.86. The Balaban J connectivity index is 2.36. The number of hydrogen-bond donors (Lipinski definition) is 1. The van der Waals surface area contributed by atoms with E-state index in [1.807, 2.05) is 0 Å². The van der Waals surface area contributed by atoms with Crippen molar-refractivity contribution in [3.8, 4) is 0 Å². The summed E-state index contributed by atoms with van der Waals surface area (Å²) in [4.78, 5) is 3.99. The van der Waals surface area contributed by atoms with Gasteiger partial charge in [-0.2, -0.15) is 16.7 Å². The van der Waals surface area contributed by atoms with Gasteiger partial charge in [0.05, 0.1) is 5.75 Å². The molecule has 1 aromatic heterocycles. The molecular formula is C8H14N2O2S. The Kier molecular flexibility index (Phi) is 4.24. The number of aliphatic hydroxyl groups is 1. The average molecular weight is 202 g/mol. The number of thioether (sulfide) groups is 1. The minimum atomic E-state index is -0.180. The predicted octanol–water partition coefficient (Wildman–Crippen LogP) is 1.59. The van der Waals surface area contributed by atoms with Crippen molar-refractivity contribution in [3.63, 3.8) is 0 Å². The number of nitrogens with zero attached hydrogens (tertiary/aromatic N) is 2. The Hall–Kier alpha value is -0.550. The van der Waals surface area contributed by atoms with E-state index in [4.69, 9.17) is 9.63 Å². The summed E-state index contributed by atoms with van der Waals surface area (Å²) < 4.78 is 4.76. The summed E-state index contributed by atoms with van der Waals surface area (Å²) in [5, 5.41) is 13.0. The molecule has 74 valence electrons. The molecular weight excluding hydrogens is 188 g/mol. The van der Waals surface area contributed by atoms with Gasteiger partial charge in [-0.1, -0.05) is 19.0 Å². The van der Waals surface area contributed by atoms with Crippen LogP contribution >= 0.6 is 11.8 Å². The molecule has 0 radical (unpaired) electrons. The highest BCUT2D eigenvalue weighted by Gasteiger charge is 2.06. The number of aromatic nitrogens is 2. The van der Waals surface area contributed by atoms with Crippen LogP contribution in [-0.4, -0.2) is 20.5 Å². The number of hydrogen-bond acceptors (Lipinski definition) is 5. The van der Waals surface area contributed by atoms with Gasteiger partial charge in [-0.15, -0.1) is 0 Å². The van der Waals surface area contributed by atoms with Gasteiger partial charge in [-0.05, 0) is 6.42 Å². The maximum absolute atomic E-state index is 8.67. The summed E-state index contributed by atoms with van der Waals surface area (Å²) in [6.07, 6.45) is 1.13. The fraction of sp³-hybridized carbons (Fsp3) is 0.750. The van der Waals surface area contributed by atoms with Gasteiger partial charge < -0.3 is 9.63 Å².